The molecule has 1 amide bonds. The normalized spacial score (nSPS) is 11.9. The van der Waals surface area contributed by atoms with E-state index in [1.54, 1.807) is 36.4 Å². The summed E-state index contributed by atoms with van der Waals surface area (Å²) < 4.78 is 29.5. The molecular weight excluding hydrogens is 385 g/mol. The molecule has 0 saturated heterocycles. The van der Waals surface area contributed by atoms with E-state index in [0.29, 0.717) is 29.5 Å². The molecule has 4 rings (SSSR count). The van der Waals surface area contributed by atoms with Crippen LogP contribution >= 0.6 is 11.6 Å². The van der Waals surface area contributed by atoms with Gasteiger partial charge in [0.15, 0.2) is 11.5 Å². The van der Waals surface area contributed by atoms with E-state index in [2.05, 4.69) is 5.32 Å². The van der Waals surface area contributed by atoms with Crippen molar-refractivity contribution in [1.29, 1.82) is 0 Å². The summed E-state index contributed by atoms with van der Waals surface area (Å²) in [4.78, 5) is 12.4. The molecule has 0 unspecified atom stereocenters. The van der Waals surface area contributed by atoms with E-state index in [4.69, 9.17) is 25.8 Å². The predicted octanol–water partition coefficient (Wildman–Crippen LogP) is 5.04. The molecule has 1 aliphatic rings. The van der Waals surface area contributed by atoms with Crippen molar-refractivity contribution in [2.24, 2.45) is 0 Å². The van der Waals surface area contributed by atoms with Gasteiger partial charge in [-0.3, -0.25) is 4.79 Å². The van der Waals surface area contributed by atoms with Gasteiger partial charge in [0.25, 0.3) is 5.91 Å². The molecule has 1 N–H and O–H groups in total. The average Bonchev–Trinajstić information content (AvgIpc) is 3.14. The van der Waals surface area contributed by atoms with Gasteiger partial charge in [0.05, 0.1) is 10.6 Å². The van der Waals surface area contributed by atoms with Crippen molar-refractivity contribution in [3.63, 3.8) is 0 Å². The Bertz CT molecular complexity index is 1040. The summed E-state index contributed by atoms with van der Waals surface area (Å²) in [7, 11) is 0. The molecule has 1 heterocycles. The molecule has 0 bridgehead atoms. The van der Waals surface area contributed by atoms with Crippen LogP contribution in [0, 0.1) is 5.82 Å². The lowest BCUT2D eigenvalue weighted by Gasteiger charge is -2.10. The van der Waals surface area contributed by atoms with Crippen LogP contribution in [0.1, 0.15) is 15.9 Å². The molecule has 142 valence electrons. The number of benzene rings is 3. The summed E-state index contributed by atoms with van der Waals surface area (Å²) in [6.07, 6.45) is 0. The zero-order valence-corrected chi connectivity index (χ0v) is 15.3. The Labute approximate surface area is 165 Å². The highest BCUT2D eigenvalue weighted by Crippen LogP contribution is 2.35. The molecular formula is C21H15ClFNO4. The molecule has 0 aromatic heterocycles. The van der Waals surface area contributed by atoms with Crippen molar-refractivity contribution in [3.05, 3.63) is 82.6 Å². The van der Waals surface area contributed by atoms with E-state index in [-0.39, 0.29) is 17.4 Å². The van der Waals surface area contributed by atoms with Crippen molar-refractivity contribution in [1.82, 2.24) is 0 Å². The topological polar surface area (TPSA) is 56.8 Å². The van der Waals surface area contributed by atoms with E-state index in [0.717, 1.165) is 11.6 Å². The number of ether oxygens (including phenoxy) is 3. The Hall–Kier alpha value is -3.25. The van der Waals surface area contributed by atoms with Gasteiger partial charge in [-0.2, -0.15) is 0 Å². The van der Waals surface area contributed by atoms with Crippen LogP contribution in [0.3, 0.4) is 0 Å². The van der Waals surface area contributed by atoms with Crippen LogP contribution in [0.2, 0.25) is 5.02 Å². The molecule has 7 heteroatoms. The maximum absolute atomic E-state index is 13.1. The van der Waals surface area contributed by atoms with Crippen LogP contribution in [-0.4, -0.2) is 12.7 Å². The van der Waals surface area contributed by atoms with Gasteiger partial charge in [0.2, 0.25) is 6.79 Å². The summed E-state index contributed by atoms with van der Waals surface area (Å²) in [5, 5.41) is 2.81. The summed E-state index contributed by atoms with van der Waals surface area (Å²) in [5.41, 5.74) is 1.64. The number of fused-ring (bicyclic) bond motifs is 1. The molecule has 3 aromatic rings. The van der Waals surface area contributed by atoms with Gasteiger partial charge in [-0.05, 0) is 48.0 Å². The second-order valence-electron chi connectivity index (χ2n) is 6.08. The first-order valence-corrected chi connectivity index (χ1v) is 8.84. The number of amides is 1. The number of carbonyl (C=O) groups excluding carboxylic acids is 1. The van der Waals surface area contributed by atoms with Crippen LogP contribution < -0.4 is 19.5 Å². The Balaban J connectivity index is 1.42. The lowest BCUT2D eigenvalue weighted by Crippen LogP contribution is -2.12. The van der Waals surface area contributed by atoms with Crippen LogP contribution in [0.5, 0.6) is 17.2 Å². The fourth-order valence-electron chi connectivity index (χ4n) is 2.74. The summed E-state index contributed by atoms with van der Waals surface area (Å²) in [6.45, 7) is 0.513. The molecule has 3 aromatic carbocycles. The first kappa shape index (κ1) is 18.1. The predicted molar refractivity (Wildman–Crippen MR) is 103 cm³/mol. The minimum atomic E-state index is -0.496. The standard InChI is InChI=1S/C21H15ClFNO4/c22-18-9-14(23)4-6-17(18)21(25)24-15-3-1-2-13(8-15)11-26-16-5-7-19-20(10-16)28-12-27-19/h1-10H,11-12H2,(H,24,25). The van der Waals surface area contributed by atoms with Gasteiger partial charge in [0, 0.05) is 11.8 Å². The number of hydrogen-bond donors (Lipinski definition) is 1. The third-order valence-corrected chi connectivity index (χ3v) is 4.42. The lowest BCUT2D eigenvalue weighted by atomic mass is 10.1. The van der Waals surface area contributed by atoms with E-state index in [1.165, 1.54) is 12.1 Å². The summed E-state index contributed by atoms with van der Waals surface area (Å²) in [6, 6.07) is 16.2. The van der Waals surface area contributed by atoms with Gasteiger partial charge in [-0.25, -0.2) is 4.39 Å². The van der Waals surface area contributed by atoms with E-state index < -0.39 is 11.7 Å². The highest BCUT2D eigenvalue weighted by molar-refractivity contribution is 6.34. The third kappa shape index (κ3) is 4.02. The minimum Gasteiger partial charge on any atom is -0.489 e. The first-order chi connectivity index (χ1) is 13.6. The minimum absolute atomic E-state index is 0.0554. The molecule has 0 radical (unpaired) electrons. The van der Waals surface area contributed by atoms with E-state index in [1.807, 2.05) is 6.07 Å². The molecule has 1 aliphatic heterocycles. The summed E-state index contributed by atoms with van der Waals surface area (Å²) >= 11 is 5.94. The van der Waals surface area contributed by atoms with Crippen LogP contribution in [0.15, 0.2) is 60.7 Å². The first-order valence-electron chi connectivity index (χ1n) is 8.46. The maximum Gasteiger partial charge on any atom is 0.257 e. The number of carbonyl (C=O) groups is 1. The Morgan fingerprint density at radius 2 is 1.93 bits per heavy atom. The number of hydrogen-bond acceptors (Lipinski definition) is 4. The molecule has 5 nitrogen and oxygen atoms in total. The quantitative estimate of drug-likeness (QED) is 0.653. The van der Waals surface area contributed by atoms with Gasteiger partial charge in [0.1, 0.15) is 18.2 Å². The number of anilines is 1. The fourth-order valence-corrected chi connectivity index (χ4v) is 3.00. The highest BCUT2D eigenvalue weighted by atomic mass is 35.5. The second-order valence-corrected chi connectivity index (χ2v) is 6.49. The third-order valence-electron chi connectivity index (χ3n) is 4.11. The Morgan fingerprint density at radius 1 is 1.07 bits per heavy atom. The Kier molecular flexibility index (Phi) is 5.04. The summed E-state index contributed by atoms with van der Waals surface area (Å²) in [5.74, 6) is 1.08. The van der Waals surface area contributed by atoms with Gasteiger partial charge in [-0.1, -0.05) is 23.7 Å². The molecule has 0 aliphatic carbocycles. The number of rotatable bonds is 5. The van der Waals surface area contributed by atoms with Crippen molar-refractivity contribution in [2.75, 3.05) is 12.1 Å². The zero-order valence-electron chi connectivity index (χ0n) is 14.6. The molecule has 0 atom stereocenters. The molecule has 0 spiro atoms. The average molecular weight is 400 g/mol. The molecule has 0 saturated carbocycles. The lowest BCUT2D eigenvalue weighted by molar-refractivity contribution is 0.102. The highest BCUT2D eigenvalue weighted by Gasteiger charge is 2.14. The largest absolute Gasteiger partial charge is 0.489 e. The van der Waals surface area contributed by atoms with Crippen LogP contribution in [0.25, 0.3) is 0 Å². The van der Waals surface area contributed by atoms with E-state index in [9.17, 15) is 9.18 Å². The second kappa shape index (κ2) is 7.78. The smallest absolute Gasteiger partial charge is 0.257 e. The van der Waals surface area contributed by atoms with Gasteiger partial charge >= 0.3 is 0 Å². The number of nitrogens with one attached hydrogen (secondary N) is 1. The zero-order chi connectivity index (χ0) is 19.5. The van der Waals surface area contributed by atoms with Gasteiger partial charge < -0.3 is 19.5 Å². The van der Waals surface area contributed by atoms with Crippen LogP contribution in [0.4, 0.5) is 10.1 Å². The van der Waals surface area contributed by atoms with Crippen molar-refractivity contribution in [3.8, 4) is 17.2 Å². The maximum atomic E-state index is 13.1. The Morgan fingerprint density at radius 3 is 2.79 bits per heavy atom. The monoisotopic (exact) mass is 399 g/mol. The van der Waals surface area contributed by atoms with Crippen molar-refractivity contribution in [2.45, 2.75) is 6.61 Å². The van der Waals surface area contributed by atoms with Crippen LogP contribution in [-0.2, 0) is 6.61 Å². The number of halogens is 2. The molecule has 28 heavy (non-hydrogen) atoms. The van der Waals surface area contributed by atoms with E-state index >= 15 is 0 Å². The van der Waals surface area contributed by atoms with Gasteiger partial charge in [-0.15, -0.1) is 0 Å². The molecule has 0 fully saturated rings. The SMILES string of the molecule is O=C(Nc1cccc(COc2ccc3c(c2)OCO3)c1)c1ccc(F)cc1Cl. The fraction of sp³-hybridized carbons (Fsp3) is 0.0952. The van der Waals surface area contributed by atoms with Crippen molar-refractivity contribution < 1.29 is 23.4 Å². The van der Waals surface area contributed by atoms with Crippen molar-refractivity contribution >= 4 is 23.2 Å².